The normalized spacial score (nSPS) is 10.9. The molecule has 24 nitrogen and oxygen atoms in total. The SMILES string of the molecule is CCOC(=O)c1ccc2ncccc2c1.COC(=O)c1ccc2ncc(Cl)cc2c1.Cc1cc(N)nc(C)c1CNC(=O)c1cnn(Cc2ccc3ncc(Cl)cc3c2)c1.Cc1cc(NC(=O)OC(C)(C)C)nc(C)c1CNC(=O)c1cnn(Cc2ccc3ncc(Cl)cc3c2)c1.OCc1ccc2ncc(Cl)cc2c1. The molecule has 6 N–H and O–H groups in total. The first-order valence-electron chi connectivity index (χ1n) is 34.4. The van der Waals surface area contributed by atoms with Crippen LogP contribution in [0.3, 0.4) is 0 Å². The zero-order valence-corrected chi connectivity index (χ0v) is 64.5. The number of halogens is 4. The number of carbonyl (C=O) groups is 5. The summed E-state index contributed by atoms with van der Waals surface area (Å²) in [5.41, 5.74) is 19.7. The Hall–Kier alpha value is -12.1. The summed E-state index contributed by atoms with van der Waals surface area (Å²) in [4.78, 5) is 89.8. The first kappa shape index (κ1) is 80.5. The molecule has 9 aromatic heterocycles. The molecule has 14 aromatic rings. The van der Waals surface area contributed by atoms with Gasteiger partial charge in [0, 0.05) is 94.8 Å². The van der Waals surface area contributed by atoms with E-state index in [0.29, 0.717) is 92.5 Å². The number of hydrogen-bond donors (Lipinski definition) is 5. The highest BCUT2D eigenvalue weighted by Crippen LogP contribution is 2.25. The molecule has 0 atom stereocenters. The van der Waals surface area contributed by atoms with Crippen LogP contribution in [0.2, 0.25) is 20.1 Å². The Morgan fingerprint density at radius 2 is 0.927 bits per heavy atom. The zero-order valence-electron chi connectivity index (χ0n) is 61.4. The number of esters is 2. The number of fused-ring (bicyclic) bond motifs is 5. The highest BCUT2D eigenvalue weighted by molar-refractivity contribution is 6.32. The maximum atomic E-state index is 12.8. The van der Waals surface area contributed by atoms with Crippen molar-refractivity contribution in [3.05, 3.63) is 288 Å². The Bertz CT molecular complexity index is 5670. The van der Waals surface area contributed by atoms with Crippen molar-refractivity contribution >= 4 is 142 Å². The van der Waals surface area contributed by atoms with Crippen LogP contribution >= 0.6 is 46.4 Å². The summed E-state index contributed by atoms with van der Waals surface area (Å²) in [7, 11) is 1.35. The van der Waals surface area contributed by atoms with E-state index in [4.69, 9.17) is 66.7 Å². The van der Waals surface area contributed by atoms with Gasteiger partial charge >= 0.3 is 18.0 Å². The van der Waals surface area contributed by atoms with Crippen molar-refractivity contribution in [1.29, 1.82) is 0 Å². The van der Waals surface area contributed by atoms with Gasteiger partial charge in [-0.25, -0.2) is 24.4 Å². The number of benzene rings is 5. The lowest BCUT2D eigenvalue weighted by Crippen LogP contribution is -2.28. The fraction of sp³-hybridized carbons (Fsp3) is 0.195. The molecule has 28 heteroatoms. The fourth-order valence-corrected chi connectivity index (χ4v) is 12.0. The number of rotatable bonds is 15. The van der Waals surface area contributed by atoms with Gasteiger partial charge in [0.05, 0.1) is 116 Å². The van der Waals surface area contributed by atoms with Gasteiger partial charge in [-0.15, -0.1) is 0 Å². The van der Waals surface area contributed by atoms with Crippen molar-refractivity contribution in [3.63, 3.8) is 0 Å². The third kappa shape index (κ3) is 22.5. The van der Waals surface area contributed by atoms with Gasteiger partial charge in [0.15, 0.2) is 0 Å². The Balaban J connectivity index is 0.000000156. The van der Waals surface area contributed by atoms with Crippen molar-refractivity contribution in [2.45, 2.75) is 93.8 Å². The van der Waals surface area contributed by atoms with E-state index >= 15 is 0 Å². The van der Waals surface area contributed by atoms with Crippen molar-refractivity contribution in [3.8, 4) is 0 Å². The minimum Gasteiger partial charge on any atom is -0.465 e. The number of hydrogen-bond acceptors (Lipinski definition) is 19. The monoisotopic (exact) mass is 1560 g/mol. The molecule has 0 spiro atoms. The van der Waals surface area contributed by atoms with Crippen molar-refractivity contribution in [2.75, 3.05) is 24.8 Å². The number of carbonyl (C=O) groups excluding carboxylic acids is 5. The summed E-state index contributed by atoms with van der Waals surface area (Å²) in [5.74, 6) is -0.206. The number of amides is 3. The van der Waals surface area contributed by atoms with Crippen LogP contribution in [0.4, 0.5) is 16.4 Å². The third-order valence-corrected chi connectivity index (χ3v) is 17.4. The summed E-state index contributed by atoms with van der Waals surface area (Å²) in [5, 5.41) is 33.1. The van der Waals surface area contributed by atoms with Crippen molar-refractivity contribution < 1.29 is 43.3 Å². The van der Waals surface area contributed by atoms with Crippen molar-refractivity contribution in [1.82, 2.24) is 65.1 Å². The molecule has 9 heterocycles. The van der Waals surface area contributed by atoms with Gasteiger partial charge in [0.1, 0.15) is 17.2 Å². The second kappa shape index (κ2) is 37.2. The molecule has 0 radical (unpaired) electrons. The number of anilines is 2. The number of aliphatic hydroxyl groups excluding tert-OH is 1. The van der Waals surface area contributed by atoms with Gasteiger partial charge < -0.3 is 35.7 Å². The number of aryl methyl sites for hydroxylation is 4. The molecule has 0 saturated carbocycles. The number of pyridine rings is 7. The summed E-state index contributed by atoms with van der Waals surface area (Å²) >= 11 is 23.7. The van der Waals surface area contributed by atoms with Gasteiger partial charge in [-0.1, -0.05) is 70.7 Å². The molecule has 5 aromatic carbocycles. The van der Waals surface area contributed by atoms with Gasteiger partial charge in [-0.3, -0.25) is 49.2 Å². The number of nitrogens with zero attached hydrogens (tertiary/aromatic N) is 11. The number of ether oxygens (including phenoxy) is 3. The number of methoxy groups -OCH3 is 1. The molecular formula is C82H77Cl4N15O9. The summed E-state index contributed by atoms with van der Waals surface area (Å²) in [6, 6.07) is 42.6. The number of nitrogens with one attached hydrogen (secondary N) is 3. The molecule has 0 bridgehead atoms. The summed E-state index contributed by atoms with van der Waals surface area (Å²) < 4.78 is 18.3. The highest BCUT2D eigenvalue weighted by Gasteiger charge is 2.20. The van der Waals surface area contributed by atoms with Crippen LogP contribution < -0.4 is 21.7 Å². The molecule has 0 aliphatic heterocycles. The average molecular weight is 1560 g/mol. The highest BCUT2D eigenvalue weighted by atomic mass is 35.5. The third-order valence-electron chi connectivity index (χ3n) is 16.6. The van der Waals surface area contributed by atoms with Crippen LogP contribution in [-0.2, 0) is 47.0 Å². The Morgan fingerprint density at radius 3 is 1.38 bits per heavy atom. The quantitative estimate of drug-likeness (QED) is 0.0470. The molecule has 0 aliphatic rings. The lowest BCUT2D eigenvalue weighted by molar-refractivity contribution is 0.0524. The molecule has 0 unspecified atom stereocenters. The van der Waals surface area contributed by atoms with Gasteiger partial charge in [0.25, 0.3) is 11.8 Å². The summed E-state index contributed by atoms with van der Waals surface area (Å²) in [6.07, 6.45) is 14.1. The average Bonchev–Trinajstić information content (AvgIpc) is 1.68. The Morgan fingerprint density at radius 1 is 0.500 bits per heavy atom. The van der Waals surface area contributed by atoms with Crippen LogP contribution in [0.5, 0.6) is 0 Å². The maximum absolute atomic E-state index is 12.8. The molecule has 562 valence electrons. The van der Waals surface area contributed by atoms with Crippen LogP contribution in [-0.4, -0.2) is 109 Å². The minimum atomic E-state index is -0.604. The van der Waals surface area contributed by atoms with E-state index in [1.165, 1.54) is 7.11 Å². The fourth-order valence-electron chi connectivity index (χ4n) is 11.3. The second-order valence-electron chi connectivity index (χ2n) is 26.0. The van der Waals surface area contributed by atoms with E-state index in [9.17, 15) is 24.0 Å². The molecule has 0 fully saturated rings. The van der Waals surface area contributed by atoms with Crippen LogP contribution in [0.1, 0.15) is 119 Å². The zero-order chi connectivity index (χ0) is 78.8. The molecule has 14 rings (SSSR count). The van der Waals surface area contributed by atoms with Crippen LogP contribution in [0.25, 0.3) is 54.5 Å². The second-order valence-corrected chi connectivity index (χ2v) is 27.8. The first-order chi connectivity index (χ1) is 52.7. The predicted molar refractivity (Wildman–Crippen MR) is 429 cm³/mol. The smallest absolute Gasteiger partial charge is 0.413 e. The molecule has 3 amide bonds. The number of nitrogen functional groups attached to an aromatic ring is 1. The number of nitrogens with two attached hydrogens (primary N) is 1. The standard InChI is InChI=1S/C27H29ClN6O3.C22H21ClN6O.C12H11NO2.C11H8ClNO2.C10H8ClNO/c1-16-8-24(33-26(36)37-27(3,4)5)32-17(2)22(16)13-30-25(35)20-11-31-34(15-20)14-18-6-7-23-19(9-18)10-21(28)12-29-23;1-13-5-21(24)28-14(2)19(13)10-26-22(30)17-8-27-29(12-17)11-15-3-4-20-16(6-15)7-18(23)9-25-20;1-2-15-12(14)10-5-6-11-9(8-10)4-3-7-13-11;1-15-11(14)7-2-3-10-8(4-7)5-9(12)6-13-10;11-9-4-8-3-7(6-13)1-2-10(8)12-5-9/h6-12,15H,13-14H2,1-5H3,(H,30,35)(H,32,33,36);3-9,12H,10-11H2,1-2H3,(H2,24,28)(H,26,30);3-8H,2H2,1H3;2-6H,1H3;1-5,13H,6H2. The minimum absolute atomic E-state index is 0.0441. The van der Waals surface area contributed by atoms with Crippen LogP contribution in [0, 0.1) is 27.7 Å². The summed E-state index contributed by atoms with van der Waals surface area (Å²) in [6.45, 7) is 16.9. The van der Waals surface area contributed by atoms with Gasteiger partial charge in [-0.05, 0) is 210 Å². The first-order valence-corrected chi connectivity index (χ1v) is 35.9. The predicted octanol–water partition coefficient (Wildman–Crippen LogP) is 16.5. The van der Waals surface area contributed by atoms with E-state index < -0.39 is 11.7 Å². The molecule has 0 saturated heterocycles. The lowest BCUT2D eigenvalue weighted by Gasteiger charge is -2.20. The van der Waals surface area contributed by atoms with Crippen molar-refractivity contribution in [2.24, 2.45) is 0 Å². The van der Waals surface area contributed by atoms with E-state index in [1.807, 2.05) is 119 Å². The Labute approximate surface area is 653 Å². The molecular weight excluding hydrogens is 1480 g/mol. The van der Waals surface area contributed by atoms with Gasteiger partial charge in [0.2, 0.25) is 0 Å². The Kier molecular flexibility index (Phi) is 27.2. The van der Waals surface area contributed by atoms with E-state index in [1.54, 1.807) is 141 Å². The van der Waals surface area contributed by atoms with E-state index in [-0.39, 0.29) is 30.4 Å². The topological polar surface area (TPSA) is 321 Å². The van der Waals surface area contributed by atoms with Crippen LogP contribution in [0.15, 0.2) is 195 Å². The number of aliphatic hydroxyl groups is 1. The molecule has 110 heavy (non-hydrogen) atoms. The maximum Gasteiger partial charge on any atom is 0.413 e. The molecule has 0 aliphatic carbocycles. The lowest BCUT2D eigenvalue weighted by atomic mass is 10.1. The largest absolute Gasteiger partial charge is 0.465 e. The van der Waals surface area contributed by atoms with E-state index in [0.717, 1.165) is 99.2 Å². The number of aromatic nitrogens is 11. The van der Waals surface area contributed by atoms with Gasteiger partial charge in [-0.2, -0.15) is 10.2 Å². The van der Waals surface area contributed by atoms with E-state index in [2.05, 4.69) is 65.8 Å².